The second kappa shape index (κ2) is 6.42. The average molecular weight is 232 g/mol. The Balaban J connectivity index is 2.10. The van der Waals surface area contributed by atoms with E-state index < -0.39 is 0 Å². The zero-order chi connectivity index (χ0) is 12.1. The first kappa shape index (κ1) is 12.9. The normalized spacial score (nSPS) is 33.5. The van der Waals surface area contributed by atoms with Crippen LogP contribution in [0.3, 0.4) is 0 Å². The molecule has 0 radical (unpaired) electrons. The van der Waals surface area contributed by atoms with Crippen molar-refractivity contribution in [1.29, 1.82) is 0 Å². The van der Waals surface area contributed by atoms with Crippen molar-refractivity contribution in [2.24, 2.45) is 17.8 Å². The van der Waals surface area contributed by atoms with Crippen molar-refractivity contribution in [2.75, 3.05) is 0 Å². The molecule has 0 aromatic heterocycles. The van der Waals surface area contributed by atoms with Gasteiger partial charge in [-0.2, -0.15) is 0 Å². The van der Waals surface area contributed by atoms with Crippen LogP contribution in [-0.2, 0) is 0 Å². The minimum Gasteiger partial charge on any atom is -0.0845 e. The first-order valence-corrected chi connectivity index (χ1v) is 7.69. The topological polar surface area (TPSA) is 0 Å². The number of unbranched alkanes of at least 4 members (excludes halogenated alkanes) is 1. The Hall–Kier alpha value is -0.520. The summed E-state index contributed by atoms with van der Waals surface area (Å²) in [4.78, 5) is 0. The average Bonchev–Trinajstić information content (AvgIpc) is 2.67. The molecule has 3 atom stereocenters. The molecule has 1 fully saturated rings. The van der Waals surface area contributed by atoms with Crippen molar-refractivity contribution < 1.29 is 0 Å². The Kier molecular flexibility index (Phi) is 4.88. The molecular weight excluding hydrogens is 204 g/mol. The van der Waals surface area contributed by atoms with Gasteiger partial charge in [0.1, 0.15) is 0 Å². The minimum absolute atomic E-state index is 0.901. The number of hydrogen-bond acceptors (Lipinski definition) is 0. The van der Waals surface area contributed by atoms with Gasteiger partial charge in [0, 0.05) is 0 Å². The Bertz CT molecular complexity index is 284. The van der Waals surface area contributed by atoms with Crippen molar-refractivity contribution in [3.05, 3.63) is 23.8 Å². The summed E-state index contributed by atoms with van der Waals surface area (Å²) < 4.78 is 0. The first-order valence-electron chi connectivity index (χ1n) is 7.69. The molecular formula is C17H28. The molecule has 0 heteroatoms. The van der Waals surface area contributed by atoms with Crippen LogP contribution in [0.25, 0.3) is 0 Å². The first-order chi connectivity index (χ1) is 8.33. The summed E-state index contributed by atoms with van der Waals surface area (Å²) in [6.45, 7) is 4.79. The number of fused-ring (bicyclic) bond motifs is 1. The molecule has 0 aliphatic heterocycles. The molecule has 0 nitrogen and oxygen atoms in total. The fourth-order valence-electron chi connectivity index (χ4n) is 3.73. The van der Waals surface area contributed by atoms with Crippen LogP contribution in [0.1, 0.15) is 65.2 Å². The van der Waals surface area contributed by atoms with E-state index in [1.165, 1.54) is 51.4 Å². The number of hydrogen-bond donors (Lipinski definition) is 0. The molecule has 0 spiro atoms. The van der Waals surface area contributed by atoms with Gasteiger partial charge in [0.15, 0.2) is 0 Å². The largest absolute Gasteiger partial charge is 0.0845 e. The van der Waals surface area contributed by atoms with Gasteiger partial charge >= 0.3 is 0 Å². The lowest BCUT2D eigenvalue weighted by Gasteiger charge is -2.18. The van der Waals surface area contributed by atoms with E-state index in [4.69, 9.17) is 0 Å². The van der Waals surface area contributed by atoms with Gasteiger partial charge in [-0.25, -0.2) is 0 Å². The molecule has 0 heterocycles. The molecule has 0 N–H and O–H groups in total. The number of allylic oxidation sites excluding steroid dienone is 4. The van der Waals surface area contributed by atoms with E-state index in [-0.39, 0.29) is 0 Å². The Morgan fingerprint density at radius 2 is 2.18 bits per heavy atom. The predicted molar refractivity (Wildman–Crippen MR) is 76.0 cm³/mol. The molecule has 0 aromatic rings. The van der Waals surface area contributed by atoms with Crippen LogP contribution in [0.2, 0.25) is 0 Å². The predicted octanol–water partition coefficient (Wildman–Crippen LogP) is 5.51. The Morgan fingerprint density at radius 1 is 1.29 bits per heavy atom. The molecule has 0 amide bonds. The molecule has 0 saturated heterocycles. The molecule has 2 aliphatic rings. The van der Waals surface area contributed by atoms with Crippen LogP contribution in [0.5, 0.6) is 0 Å². The maximum absolute atomic E-state index is 2.48. The third-order valence-electron chi connectivity index (χ3n) is 4.71. The van der Waals surface area contributed by atoms with Crippen molar-refractivity contribution in [1.82, 2.24) is 0 Å². The lowest BCUT2D eigenvalue weighted by atomic mass is 9.87. The Morgan fingerprint density at radius 3 is 3.00 bits per heavy atom. The Labute approximate surface area is 107 Å². The zero-order valence-corrected chi connectivity index (χ0v) is 11.6. The van der Waals surface area contributed by atoms with Gasteiger partial charge in [-0.15, -0.1) is 0 Å². The van der Waals surface area contributed by atoms with E-state index in [9.17, 15) is 0 Å². The highest BCUT2D eigenvalue weighted by Crippen LogP contribution is 2.46. The second-order valence-corrected chi connectivity index (χ2v) is 6.04. The third-order valence-corrected chi connectivity index (χ3v) is 4.71. The number of rotatable bonds is 3. The highest BCUT2D eigenvalue weighted by molar-refractivity contribution is 5.23. The quantitative estimate of drug-likeness (QED) is 0.602. The van der Waals surface area contributed by atoms with E-state index in [2.05, 4.69) is 32.1 Å². The lowest BCUT2D eigenvalue weighted by molar-refractivity contribution is 0.409. The van der Waals surface area contributed by atoms with Crippen LogP contribution in [0, 0.1) is 17.8 Å². The van der Waals surface area contributed by atoms with Crippen molar-refractivity contribution in [3.63, 3.8) is 0 Å². The standard InChI is InChI=1S/C17H28/c1-3-4-10-15-13-14(2)16-11-8-6-5-7-9-12-17(15)16/h7,9,12,14-16H,3-6,8,10-11,13H2,1-2H3. The molecule has 2 rings (SSSR count). The highest BCUT2D eigenvalue weighted by Gasteiger charge is 2.34. The van der Waals surface area contributed by atoms with Gasteiger partial charge in [0.05, 0.1) is 0 Å². The maximum Gasteiger partial charge on any atom is -0.0171 e. The van der Waals surface area contributed by atoms with E-state index in [1.54, 1.807) is 5.57 Å². The summed E-state index contributed by atoms with van der Waals surface area (Å²) in [5, 5.41) is 0. The van der Waals surface area contributed by atoms with Crippen LogP contribution in [-0.4, -0.2) is 0 Å². The fraction of sp³-hybridized carbons (Fsp3) is 0.765. The molecule has 3 unspecified atom stereocenters. The summed E-state index contributed by atoms with van der Waals surface area (Å²) in [6.07, 6.45) is 18.4. The summed E-state index contributed by atoms with van der Waals surface area (Å²) in [7, 11) is 0. The van der Waals surface area contributed by atoms with Gasteiger partial charge in [0.2, 0.25) is 0 Å². The van der Waals surface area contributed by atoms with E-state index in [0.717, 1.165) is 17.8 Å². The van der Waals surface area contributed by atoms with Gasteiger partial charge in [0.25, 0.3) is 0 Å². The van der Waals surface area contributed by atoms with Crippen LogP contribution in [0.4, 0.5) is 0 Å². The molecule has 0 bridgehead atoms. The van der Waals surface area contributed by atoms with Crippen LogP contribution < -0.4 is 0 Å². The molecule has 0 aromatic carbocycles. The zero-order valence-electron chi connectivity index (χ0n) is 11.6. The van der Waals surface area contributed by atoms with Gasteiger partial charge < -0.3 is 0 Å². The summed E-state index contributed by atoms with van der Waals surface area (Å²) >= 11 is 0. The second-order valence-electron chi connectivity index (χ2n) is 6.04. The summed E-state index contributed by atoms with van der Waals surface area (Å²) in [6, 6.07) is 0. The fourth-order valence-corrected chi connectivity index (χ4v) is 3.73. The third kappa shape index (κ3) is 3.24. The van der Waals surface area contributed by atoms with E-state index >= 15 is 0 Å². The van der Waals surface area contributed by atoms with Gasteiger partial charge in [-0.1, -0.05) is 56.9 Å². The van der Waals surface area contributed by atoms with Gasteiger partial charge in [-0.3, -0.25) is 0 Å². The van der Waals surface area contributed by atoms with Crippen molar-refractivity contribution in [3.8, 4) is 0 Å². The summed E-state index contributed by atoms with van der Waals surface area (Å²) in [5.74, 6) is 2.73. The SMILES string of the molecule is CCCCC1CC(C)C2CCCCC=CC=C12. The van der Waals surface area contributed by atoms with E-state index in [0.29, 0.717) is 0 Å². The lowest BCUT2D eigenvalue weighted by Crippen LogP contribution is -2.06. The molecule has 17 heavy (non-hydrogen) atoms. The maximum atomic E-state index is 2.48. The van der Waals surface area contributed by atoms with E-state index in [1.807, 2.05) is 0 Å². The van der Waals surface area contributed by atoms with Crippen molar-refractivity contribution in [2.45, 2.75) is 65.2 Å². The molecule has 1 saturated carbocycles. The minimum atomic E-state index is 0.901. The molecule has 2 aliphatic carbocycles. The van der Waals surface area contributed by atoms with Crippen LogP contribution in [0.15, 0.2) is 23.8 Å². The van der Waals surface area contributed by atoms with Gasteiger partial charge in [-0.05, 0) is 49.9 Å². The highest BCUT2D eigenvalue weighted by atomic mass is 14.4. The smallest absolute Gasteiger partial charge is 0.0171 e. The monoisotopic (exact) mass is 232 g/mol. The molecule has 96 valence electrons. The van der Waals surface area contributed by atoms with Crippen molar-refractivity contribution >= 4 is 0 Å². The summed E-state index contributed by atoms with van der Waals surface area (Å²) in [5.41, 5.74) is 1.80. The van der Waals surface area contributed by atoms with Crippen LogP contribution >= 0.6 is 0 Å².